The van der Waals surface area contributed by atoms with Crippen molar-refractivity contribution >= 4 is 28.2 Å². The fourth-order valence-electron chi connectivity index (χ4n) is 2.62. The van der Waals surface area contributed by atoms with Crippen LogP contribution in [0.1, 0.15) is 10.5 Å². The summed E-state index contributed by atoms with van der Waals surface area (Å²) in [7, 11) is 0. The van der Waals surface area contributed by atoms with Crippen LogP contribution in [0.5, 0.6) is 0 Å². The third-order valence-electron chi connectivity index (χ3n) is 3.57. The van der Waals surface area contributed by atoms with Crippen LogP contribution >= 0.6 is 0 Å². The van der Waals surface area contributed by atoms with Gasteiger partial charge in [0.15, 0.2) is 6.29 Å². The van der Waals surface area contributed by atoms with Crippen molar-refractivity contribution in [2.75, 3.05) is 0 Å². The molecule has 0 unspecified atom stereocenters. The Morgan fingerprint density at radius 3 is 2.57 bits per heavy atom. The minimum Gasteiger partial charge on any atom is -0.455 e. The topological polar surface area (TPSA) is 43.1 Å². The van der Waals surface area contributed by atoms with Crippen molar-refractivity contribution in [1.82, 2.24) is 4.98 Å². The molecule has 4 rings (SSSR count). The molecule has 3 heteroatoms. The summed E-state index contributed by atoms with van der Waals surface area (Å²) in [5, 5.41) is 2.14. The summed E-state index contributed by atoms with van der Waals surface area (Å²) in [4.78, 5) is 15.3. The zero-order valence-electron chi connectivity index (χ0n) is 11.1. The molecule has 2 heterocycles. The normalized spacial score (nSPS) is 11.0. The number of aldehydes is 1. The predicted molar refractivity (Wildman–Crippen MR) is 82.3 cm³/mol. The van der Waals surface area contributed by atoms with E-state index in [1.807, 2.05) is 54.6 Å². The molecule has 0 aliphatic heterocycles. The highest BCUT2D eigenvalue weighted by atomic mass is 16.3. The van der Waals surface area contributed by atoms with E-state index in [0.717, 1.165) is 39.5 Å². The van der Waals surface area contributed by atoms with Gasteiger partial charge < -0.3 is 4.42 Å². The molecular weight excluding hydrogens is 262 g/mol. The molecule has 2 aromatic carbocycles. The van der Waals surface area contributed by atoms with Crippen LogP contribution in [0.4, 0.5) is 0 Å². The van der Waals surface area contributed by atoms with Gasteiger partial charge in [-0.2, -0.15) is 0 Å². The summed E-state index contributed by atoms with van der Waals surface area (Å²) in [6.07, 6.45) is 0.752. The molecule has 0 saturated carbocycles. The van der Waals surface area contributed by atoms with Crippen LogP contribution in [0.25, 0.3) is 33.2 Å². The standard InChI is InChI=1S/C18H11NO2/c20-11-12-5-3-9-16(19-12)15-8-4-7-14-13-6-1-2-10-17(13)21-18(14)15/h1-11H. The Labute approximate surface area is 120 Å². The molecule has 4 aromatic rings. The van der Waals surface area contributed by atoms with Gasteiger partial charge in [-0.25, -0.2) is 4.98 Å². The maximum atomic E-state index is 10.9. The monoisotopic (exact) mass is 273 g/mol. The number of carbonyl (C=O) groups is 1. The Morgan fingerprint density at radius 2 is 1.67 bits per heavy atom. The average Bonchev–Trinajstić information content (AvgIpc) is 2.93. The van der Waals surface area contributed by atoms with E-state index in [0.29, 0.717) is 5.69 Å². The van der Waals surface area contributed by atoms with E-state index in [9.17, 15) is 4.79 Å². The van der Waals surface area contributed by atoms with Gasteiger partial charge in [-0.15, -0.1) is 0 Å². The van der Waals surface area contributed by atoms with E-state index in [1.54, 1.807) is 6.07 Å². The number of hydrogen-bond donors (Lipinski definition) is 0. The number of hydrogen-bond acceptors (Lipinski definition) is 3. The van der Waals surface area contributed by atoms with Gasteiger partial charge in [0.25, 0.3) is 0 Å². The highest BCUT2D eigenvalue weighted by molar-refractivity contribution is 6.09. The number of para-hydroxylation sites is 2. The lowest BCUT2D eigenvalue weighted by atomic mass is 10.1. The Balaban J connectivity index is 2.06. The van der Waals surface area contributed by atoms with Crippen molar-refractivity contribution in [3.8, 4) is 11.3 Å². The lowest BCUT2D eigenvalue weighted by molar-refractivity contribution is 0.111. The third-order valence-corrected chi connectivity index (χ3v) is 3.57. The van der Waals surface area contributed by atoms with E-state index in [1.165, 1.54) is 0 Å². The third kappa shape index (κ3) is 1.82. The fourth-order valence-corrected chi connectivity index (χ4v) is 2.62. The van der Waals surface area contributed by atoms with Gasteiger partial charge >= 0.3 is 0 Å². The van der Waals surface area contributed by atoms with E-state index in [2.05, 4.69) is 4.98 Å². The second-order valence-electron chi connectivity index (χ2n) is 4.85. The molecule has 0 N–H and O–H groups in total. The van der Waals surface area contributed by atoms with E-state index >= 15 is 0 Å². The molecule has 2 aromatic heterocycles. The van der Waals surface area contributed by atoms with Crippen LogP contribution in [-0.4, -0.2) is 11.3 Å². The van der Waals surface area contributed by atoms with Crippen molar-refractivity contribution < 1.29 is 9.21 Å². The molecule has 100 valence electrons. The first-order valence-electron chi connectivity index (χ1n) is 6.70. The van der Waals surface area contributed by atoms with Crippen LogP contribution < -0.4 is 0 Å². The predicted octanol–water partition coefficient (Wildman–Crippen LogP) is 4.46. The molecule has 0 spiro atoms. The van der Waals surface area contributed by atoms with Crippen molar-refractivity contribution in [3.05, 3.63) is 66.4 Å². The number of benzene rings is 2. The van der Waals surface area contributed by atoms with Crippen LogP contribution in [0.15, 0.2) is 65.1 Å². The first kappa shape index (κ1) is 11.9. The van der Waals surface area contributed by atoms with Crippen molar-refractivity contribution in [1.29, 1.82) is 0 Å². The van der Waals surface area contributed by atoms with Gasteiger partial charge in [-0.05, 0) is 24.3 Å². The summed E-state index contributed by atoms with van der Waals surface area (Å²) in [5.41, 5.74) is 3.71. The molecule has 0 fully saturated rings. The molecule has 0 saturated heterocycles. The molecule has 0 aliphatic carbocycles. The van der Waals surface area contributed by atoms with Crippen molar-refractivity contribution in [3.63, 3.8) is 0 Å². The van der Waals surface area contributed by atoms with Crippen LogP contribution in [0, 0.1) is 0 Å². The smallest absolute Gasteiger partial charge is 0.168 e. The number of fused-ring (bicyclic) bond motifs is 3. The Bertz CT molecular complexity index is 969. The molecule has 0 radical (unpaired) electrons. The second-order valence-corrected chi connectivity index (χ2v) is 4.85. The van der Waals surface area contributed by atoms with Crippen LogP contribution in [0.3, 0.4) is 0 Å². The number of carbonyl (C=O) groups excluding carboxylic acids is 1. The Morgan fingerprint density at radius 1 is 0.857 bits per heavy atom. The zero-order valence-corrected chi connectivity index (χ0v) is 11.1. The zero-order chi connectivity index (χ0) is 14.2. The highest BCUT2D eigenvalue weighted by Crippen LogP contribution is 2.34. The molecule has 21 heavy (non-hydrogen) atoms. The number of furan rings is 1. The lowest BCUT2D eigenvalue weighted by Crippen LogP contribution is -1.89. The Hall–Kier alpha value is -2.94. The fraction of sp³-hybridized carbons (Fsp3) is 0. The van der Waals surface area contributed by atoms with Gasteiger partial charge in [-0.1, -0.05) is 36.4 Å². The quantitative estimate of drug-likeness (QED) is 0.506. The van der Waals surface area contributed by atoms with Gasteiger partial charge in [-0.3, -0.25) is 4.79 Å². The van der Waals surface area contributed by atoms with Gasteiger partial charge in [0.1, 0.15) is 16.9 Å². The average molecular weight is 273 g/mol. The molecule has 0 amide bonds. The Kier molecular flexibility index (Phi) is 2.57. The number of aromatic nitrogens is 1. The van der Waals surface area contributed by atoms with Gasteiger partial charge in [0, 0.05) is 16.3 Å². The summed E-state index contributed by atoms with van der Waals surface area (Å²) >= 11 is 0. The maximum Gasteiger partial charge on any atom is 0.168 e. The largest absolute Gasteiger partial charge is 0.455 e. The van der Waals surface area contributed by atoms with Gasteiger partial charge in [0.05, 0.1) is 5.69 Å². The second kappa shape index (κ2) is 4.56. The van der Waals surface area contributed by atoms with E-state index < -0.39 is 0 Å². The number of pyridine rings is 1. The highest BCUT2D eigenvalue weighted by Gasteiger charge is 2.12. The van der Waals surface area contributed by atoms with E-state index in [-0.39, 0.29) is 0 Å². The molecule has 0 bridgehead atoms. The minimum absolute atomic E-state index is 0.417. The van der Waals surface area contributed by atoms with Gasteiger partial charge in [0.2, 0.25) is 0 Å². The van der Waals surface area contributed by atoms with Crippen LogP contribution in [0.2, 0.25) is 0 Å². The van der Waals surface area contributed by atoms with E-state index in [4.69, 9.17) is 4.42 Å². The number of nitrogens with zero attached hydrogens (tertiary/aromatic N) is 1. The lowest BCUT2D eigenvalue weighted by Gasteiger charge is -2.02. The minimum atomic E-state index is 0.417. The summed E-state index contributed by atoms with van der Waals surface area (Å²) in [6, 6.07) is 19.3. The summed E-state index contributed by atoms with van der Waals surface area (Å²) < 4.78 is 5.98. The molecule has 3 nitrogen and oxygen atoms in total. The summed E-state index contributed by atoms with van der Waals surface area (Å²) in [6.45, 7) is 0. The summed E-state index contributed by atoms with van der Waals surface area (Å²) in [5.74, 6) is 0. The molecular formula is C18H11NO2. The maximum absolute atomic E-state index is 10.9. The molecule has 0 aliphatic rings. The van der Waals surface area contributed by atoms with Crippen LogP contribution in [-0.2, 0) is 0 Å². The first-order valence-corrected chi connectivity index (χ1v) is 6.70. The van der Waals surface area contributed by atoms with Crippen molar-refractivity contribution in [2.45, 2.75) is 0 Å². The SMILES string of the molecule is O=Cc1cccc(-c2cccc3c2oc2ccccc23)n1. The van der Waals surface area contributed by atoms with Crippen molar-refractivity contribution in [2.24, 2.45) is 0 Å². The number of rotatable bonds is 2. The molecule has 0 atom stereocenters. The first-order chi connectivity index (χ1) is 10.4.